The van der Waals surface area contributed by atoms with Crippen LogP contribution in [0.15, 0.2) is 41.0 Å². The summed E-state index contributed by atoms with van der Waals surface area (Å²) in [5, 5.41) is 0. The second-order valence-corrected chi connectivity index (χ2v) is 22.9. The molecule has 1 aromatic carbocycles. The van der Waals surface area contributed by atoms with Crippen molar-refractivity contribution in [3.63, 3.8) is 0 Å². The molecule has 0 atom stereocenters. The summed E-state index contributed by atoms with van der Waals surface area (Å²) in [6.45, 7) is 3.75. The molecule has 0 fully saturated rings. The van der Waals surface area contributed by atoms with Crippen LogP contribution in [0.5, 0.6) is 0 Å². The molecule has 0 N–H and O–H groups in total. The van der Waals surface area contributed by atoms with Gasteiger partial charge in [0.25, 0.3) is 0 Å². The van der Waals surface area contributed by atoms with E-state index in [4.69, 9.17) is 9.72 Å². The number of unbranched alkanes of at least 4 members (excludes halogenated alkanes) is 3. The summed E-state index contributed by atoms with van der Waals surface area (Å²) in [5.41, 5.74) is 3.57. The summed E-state index contributed by atoms with van der Waals surface area (Å²) >= 11 is 1.55. The van der Waals surface area contributed by atoms with Crippen molar-refractivity contribution in [2.45, 2.75) is 54.0 Å². The van der Waals surface area contributed by atoms with Crippen molar-refractivity contribution < 1.29 is 4.74 Å². The van der Waals surface area contributed by atoms with Crippen LogP contribution in [0.3, 0.4) is 0 Å². The van der Waals surface area contributed by atoms with Gasteiger partial charge in [-0.1, -0.05) is 19.8 Å². The molecule has 0 aliphatic carbocycles. The van der Waals surface area contributed by atoms with Gasteiger partial charge in [-0.3, -0.25) is 0 Å². The molecule has 25 heavy (non-hydrogen) atoms. The van der Waals surface area contributed by atoms with Gasteiger partial charge in [0.2, 0.25) is 0 Å². The molecule has 1 heterocycles. The van der Waals surface area contributed by atoms with E-state index in [1.54, 1.807) is 0 Å². The fraction of sp³-hybridized carbons (Fsp3) is 0.476. The summed E-state index contributed by atoms with van der Waals surface area (Å²) in [6.07, 6.45) is 7.00. The molecule has 0 saturated carbocycles. The van der Waals surface area contributed by atoms with E-state index in [0.717, 1.165) is 17.5 Å². The van der Waals surface area contributed by atoms with Gasteiger partial charge in [0, 0.05) is 0 Å². The Balaban J connectivity index is 2.03. The Hall–Kier alpha value is -0.391. The van der Waals surface area contributed by atoms with Gasteiger partial charge < -0.3 is 0 Å². The topological polar surface area (TPSA) is 22.1 Å². The first kappa shape index (κ1) is 20.9. The Bertz CT molecular complexity index is 665. The van der Waals surface area contributed by atoms with E-state index in [1.165, 1.54) is 39.7 Å². The van der Waals surface area contributed by atoms with Crippen LogP contribution in [-0.2, 0) is 11.3 Å². The van der Waals surface area contributed by atoms with Crippen LogP contribution >= 0.6 is 15.9 Å². The number of ether oxygens (including phenoxy) is 1. The summed E-state index contributed by atoms with van der Waals surface area (Å²) in [7, 11) is 0. The molecular formula is C21H30BrNOSn. The summed E-state index contributed by atoms with van der Waals surface area (Å²) in [5.74, 6) is 0. The minimum atomic E-state index is -2.08. The van der Waals surface area contributed by atoms with Gasteiger partial charge in [0.1, 0.15) is 0 Å². The maximum absolute atomic E-state index is 5.85. The predicted molar refractivity (Wildman–Crippen MR) is 114 cm³/mol. The van der Waals surface area contributed by atoms with E-state index >= 15 is 0 Å². The van der Waals surface area contributed by atoms with Crippen molar-refractivity contribution >= 4 is 38.0 Å². The van der Waals surface area contributed by atoms with Crippen molar-refractivity contribution in [3.05, 3.63) is 46.6 Å². The molecule has 0 radical (unpaired) electrons. The second kappa shape index (κ2) is 10.1. The molecule has 1 aromatic heterocycles. The first-order valence-electron chi connectivity index (χ1n) is 9.24. The fourth-order valence-corrected chi connectivity index (χ4v) is 6.22. The summed E-state index contributed by atoms with van der Waals surface area (Å²) < 4.78 is 8.26. The van der Waals surface area contributed by atoms with Gasteiger partial charge >= 0.3 is 146 Å². The third kappa shape index (κ3) is 7.03. The van der Waals surface area contributed by atoms with Gasteiger partial charge in [-0.15, -0.1) is 0 Å². The molecule has 0 unspecified atom stereocenters. The third-order valence-electron chi connectivity index (χ3n) is 4.23. The molecule has 136 valence electrons. The monoisotopic (exact) mass is 511 g/mol. The van der Waals surface area contributed by atoms with Crippen molar-refractivity contribution in [2.24, 2.45) is 0 Å². The molecule has 2 rings (SSSR count). The van der Waals surface area contributed by atoms with Crippen LogP contribution in [0.2, 0.25) is 14.8 Å². The van der Waals surface area contributed by atoms with Crippen LogP contribution in [0.4, 0.5) is 0 Å². The first-order chi connectivity index (χ1) is 11.9. The minimum absolute atomic E-state index is 0.669. The molecule has 2 aromatic rings. The number of hydrogen-bond donors (Lipinski definition) is 0. The average molecular weight is 511 g/mol. The molecule has 4 heteroatoms. The Morgan fingerprint density at radius 1 is 1.00 bits per heavy atom. The third-order valence-corrected chi connectivity index (χ3v) is 9.92. The average Bonchev–Trinajstić information content (AvgIpc) is 2.57. The summed E-state index contributed by atoms with van der Waals surface area (Å²) in [6, 6.07) is 10.9. The van der Waals surface area contributed by atoms with Gasteiger partial charge in [0.15, 0.2) is 0 Å². The number of hydrogen-bond acceptors (Lipinski definition) is 2. The van der Waals surface area contributed by atoms with Crippen LogP contribution in [-0.4, -0.2) is 30.0 Å². The van der Waals surface area contributed by atoms with Gasteiger partial charge in [-0.25, -0.2) is 0 Å². The zero-order valence-electron chi connectivity index (χ0n) is 15.9. The Morgan fingerprint density at radius 2 is 1.80 bits per heavy atom. The number of nitrogens with zero attached hydrogens (tertiary/aromatic N) is 1. The van der Waals surface area contributed by atoms with Crippen molar-refractivity contribution in [3.8, 4) is 11.1 Å². The standard InChI is InChI=1S/C18H21BrNO.3CH3.Sn/c1-2-3-4-5-9-21-14-15-10-17(12-18(19)11-15)16-7-6-8-20-13-16;;;;/h6-7,10-13H,2-5,9,14H2,1H3;3*1H3;. The van der Waals surface area contributed by atoms with Crippen molar-refractivity contribution in [2.75, 3.05) is 6.61 Å². The van der Waals surface area contributed by atoms with E-state index < -0.39 is 18.4 Å². The number of rotatable bonds is 9. The van der Waals surface area contributed by atoms with Gasteiger partial charge in [0.05, 0.1) is 0 Å². The van der Waals surface area contributed by atoms with Crippen LogP contribution in [0.1, 0.15) is 38.2 Å². The number of aromatic nitrogens is 1. The quantitative estimate of drug-likeness (QED) is 0.298. The summed E-state index contributed by atoms with van der Waals surface area (Å²) in [4.78, 5) is 11.9. The number of pyridine rings is 1. The van der Waals surface area contributed by atoms with E-state index in [-0.39, 0.29) is 0 Å². The first-order valence-corrected chi connectivity index (χ1v) is 20.0. The van der Waals surface area contributed by atoms with E-state index in [1.807, 2.05) is 6.20 Å². The van der Waals surface area contributed by atoms with E-state index in [9.17, 15) is 0 Å². The molecule has 0 aliphatic heterocycles. The zero-order chi connectivity index (χ0) is 18.3. The normalized spacial score (nSPS) is 11.7. The van der Waals surface area contributed by atoms with E-state index in [2.05, 4.69) is 68.0 Å². The van der Waals surface area contributed by atoms with Gasteiger partial charge in [-0.2, -0.15) is 0 Å². The molecule has 0 saturated heterocycles. The van der Waals surface area contributed by atoms with Crippen molar-refractivity contribution in [1.82, 2.24) is 4.98 Å². The Labute approximate surface area is 165 Å². The molecule has 0 bridgehead atoms. The molecule has 2 nitrogen and oxygen atoms in total. The molecule has 0 aliphatic rings. The SMILES string of the molecule is CCCCCCOCc1cc(Br)cc(-c2cc[c]([Sn]([CH3])([CH3])[CH3])nc2)c1. The van der Waals surface area contributed by atoms with E-state index in [0.29, 0.717) is 6.61 Å². The predicted octanol–water partition coefficient (Wildman–Crippen LogP) is 6.15. The Kier molecular flexibility index (Phi) is 8.43. The van der Waals surface area contributed by atoms with Gasteiger partial charge in [-0.05, 0) is 0 Å². The molecule has 0 spiro atoms. The second-order valence-electron chi connectivity index (χ2n) is 7.64. The maximum atomic E-state index is 5.85. The number of benzene rings is 1. The molecule has 0 amide bonds. The molecular weight excluding hydrogens is 481 g/mol. The van der Waals surface area contributed by atoms with Crippen molar-refractivity contribution in [1.29, 1.82) is 0 Å². The Morgan fingerprint density at radius 3 is 2.44 bits per heavy atom. The number of halogens is 1. The van der Waals surface area contributed by atoms with Crippen LogP contribution in [0, 0.1) is 0 Å². The van der Waals surface area contributed by atoms with Crippen LogP contribution in [0.25, 0.3) is 11.1 Å². The fourth-order valence-electron chi connectivity index (χ4n) is 2.73. The zero-order valence-corrected chi connectivity index (χ0v) is 20.4. The van der Waals surface area contributed by atoms with Crippen LogP contribution < -0.4 is 3.71 Å².